The zero-order valence-corrected chi connectivity index (χ0v) is 10.8. The molecule has 0 bridgehead atoms. The normalized spacial score (nSPS) is 32.6. The van der Waals surface area contributed by atoms with Gasteiger partial charge < -0.3 is 4.90 Å². The van der Waals surface area contributed by atoms with Gasteiger partial charge in [-0.3, -0.25) is 0 Å². The van der Waals surface area contributed by atoms with E-state index in [4.69, 9.17) is 0 Å². The molecule has 1 aliphatic heterocycles. The lowest BCUT2D eigenvalue weighted by atomic mass is 10.00. The third-order valence-electron chi connectivity index (χ3n) is 4.15. The fourth-order valence-corrected chi connectivity index (χ4v) is 2.96. The number of nitrogens with zero attached hydrogens (tertiary/aromatic N) is 3. The maximum absolute atomic E-state index is 4.57. The zero-order chi connectivity index (χ0) is 11.8. The van der Waals surface area contributed by atoms with Gasteiger partial charge in [0, 0.05) is 25.0 Å². The number of anilines is 1. The average molecular weight is 231 g/mol. The van der Waals surface area contributed by atoms with Crippen LogP contribution in [0.1, 0.15) is 31.9 Å². The van der Waals surface area contributed by atoms with Crippen molar-refractivity contribution in [1.82, 2.24) is 9.97 Å². The molecule has 0 radical (unpaired) electrons. The molecule has 3 nitrogen and oxygen atoms in total. The molecule has 17 heavy (non-hydrogen) atoms. The largest absolute Gasteiger partial charge is 0.340 e. The van der Waals surface area contributed by atoms with Crippen molar-refractivity contribution in [3.8, 4) is 0 Å². The molecule has 0 unspecified atom stereocenters. The molecule has 2 fully saturated rings. The standard InChI is InChI=1S/C14H21N3/c1-10-3-4-12-7-13(12)9-17(8-10)14-15-6-5-11(2)16-14/h5-6,10,12-13H,3-4,7-9H2,1-2H3/t10-,12-,13-/m1/s1. The van der Waals surface area contributed by atoms with E-state index in [1.807, 2.05) is 19.2 Å². The van der Waals surface area contributed by atoms with Crippen molar-refractivity contribution >= 4 is 5.95 Å². The first-order valence-electron chi connectivity index (χ1n) is 6.77. The van der Waals surface area contributed by atoms with Gasteiger partial charge >= 0.3 is 0 Å². The summed E-state index contributed by atoms with van der Waals surface area (Å²) in [5.41, 5.74) is 1.07. The molecule has 1 saturated carbocycles. The maximum Gasteiger partial charge on any atom is 0.225 e. The summed E-state index contributed by atoms with van der Waals surface area (Å²) in [5.74, 6) is 3.60. The second kappa shape index (κ2) is 4.28. The summed E-state index contributed by atoms with van der Waals surface area (Å²) in [4.78, 5) is 11.4. The fraction of sp³-hybridized carbons (Fsp3) is 0.714. The average Bonchev–Trinajstić information content (AvgIpc) is 3.01. The Hall–Kier alpha value is -1.12. The van der Waals surface area contributed by atoms with Gasteiger partial charge in [-0.25, -0.2) is 9.97 Å². The third-order valence-corrected chi connectivity index (χ3v) is 4.15. The van der Waals surface area contributed by atoms with Crippen LogP contribution in [0.2, 0.25) is 0 Å². The highest BCUT2D eigenvalue weighted by Gasteiger charge is 2.39. The molecule has 0 aromatic carbocycles. The molecular weight excluding hydrogens is 210 g/mol. The van der Waals surface area contributed by atoms with Crippen molar-refractivity contribution in [3.05, 3.63) is 18.0 Å². The summed E-state index contributed by atoms with van der Waals surface area (Å²) >= 11 is 0. The van der Waals surface area contributed by atoms with Gasteiger partial charge in [-0.2, -0.15) is 0 Å². The lowest BCUT2D eigenvalue weighted by Gasteiger charge is -2.28. The van der Waals surface area contributed by atoms with Gasteiger partial charge in [-0.15, -0.1) is 0 Å². The second-order valence-electron chi connectivity index (χ2n) is 5.84. The zero-order valence-electron chi connectivity index (χ0n) is 10.8. The number of aromatic nitrogens is 2. The number of hydrogen-bond donors (Lipinski definition) is 0. The molecule has 0 amide bonds. The molecule has 3 heteroatoms. The van der Waals surface area contributed by atoms with Gasteiger partial charge in [-0.1, -0.05) is 6.92 Å². The van der Waals surface area contributed by atoms with Gasteiger partial charge in [-0.05, 0) is 50.0 Å². The lowest BCUT2D eigenvalue weighted by molar-refractivity contribution is 0.436. The Morgan fingerprint density at radius 3 is 2.94 bits per heavy atom. The molecule has 92 valence electrons. The minimum Gasteiger partial charge on any atom is -0.340 e. The molecule has 3 atom stereocenters. The van der Waals surface area contributed by atoms with Crippen LogP contribution >= 0.6 is 0 Å². The van der Waals surface area contributed by atoms with Crippen molar-refractivity contribution in [1.29, 1.82) is 0 Å². The highest BCUT2D eigenvalue weighted by Crippen LogP contribution is 2.44. The summed E-state index contributed by atoms with van der Waals surface area (Å²) in [6.45, 7) is 6.68. The number of hydrogen-bond acceptors (Lipinski definition) is 3. The van der Waals surface area contributed by atoms with Gasteiger partial charge in [0.2, 0.25) is 5.95 Å². The molecular formula is C14H21N3. The number of fused-ring (bicyclic) bond motifs is 1. The molecule has 2 aliphatic rings. The van der Waals surface area contributed by atoms with Crippen LogP contribution in [0.25, 0.3) is 0 Å². The predicted molar refractivity (Wildman–Crippen MR) is 69.0 cm³/mol. The summed E-state index contributed by atoms with van der Waals surface area (Å²) in [5, 5.41) is 0. The van der Waals surface area contributed by atoms with E-state index in [9.17, 15) is 0 Å². The topological polar surface area (TPSA) is 29.0 Å². The number of rotatable bonds is 1. The molecule has 2 heterocycles. The van der Waals surface area contributed by atoms with Crippen LogP contribution in [0.3, 0.4) is 0 Å². The van der Waals surface area contributed by atoms with Crippen molar-refractivity contribution in [2.75, 3.05) is 18.0 Å². The number of aryl methyl sites for hydroxylation is 1. The summed E-state index contributed by atoms with van der Waals surface area (Å²) in [7, 11) is 0. The Labute approximate surface area is 103 Å². The van der Waals surface area contributed by atoms with Crippen molar-refractivity contribution < 1.29 is 0 Å². The van der Waals surface area contributed by atoms with E-state index in [1.54, 1.807) is 0 Å². The summed E-state index contributed by atoms with van der Waals surface area (Å²) in [6.07, 6.45) is 6.11. The van der Waals surface area contributed by atoms with E-state index in [0.29, 0.717) is 0 Å². The SMILES string of the molecule is Cc1ccnc(N2C[C@H](C)CC[C@@H]3C[C@@H]3C2)n1. The second-order valence-corrected chi connectivity index (χ2v) is 5.84. The van der Waals surface area contributed by atoms with E-state index in [2.05, 4.69) is 21.8 Å². The molecule has 0 spiro atoms. The van der Waals surface area contributed by atoms with Crippen LogP contribution in [-0.4, -0.2) is 23.1 Å². The van der Waals surface area contributed by atoms with Gasteiger partial charge in [0.25, 0.3) is 0 Å². The van der Waals surface area contributed by atoms with Crippen LogP contribution < -0.4 is 4.90 Å². The molecule has 1 saturated heterocycles. The lowest BCUT2D eigenvalue weighted by Crippen LogP contribution is -2.33. The first-order chi connectivity index (χ1) is 8.22. The Morgan fingerprint density at radius 2 is 2.12 bits per heavy atom. The minimum atomic E-state index is 0.765. The smallest absolute Gasteiger partial charge is 0.225 e. The van der Waals surface area contributed by atoms with E-state index < -0.39 is 0 Å². The van der Waals surface area contributed by atoms with Crippen molar-refractivity contribution in [2.45, 2.75) is 33.1 Å². The molecule has 1 aromatic rings. The van der Waals surface area contributed by atoms with Crippen LogP contribution in [-0.2, 0) is 0 Å². The highest BCUT2D eigenvalue weighted by atomic mass is 15.3. The Morgan fingerprint density at radius 1 is 1.24 bits per heavy atom. The summed E-state index contributed by atoms with van der Waals surface area (Å²) < 4.78 is 0. The molecule has 1 aromatic heterocycles. The Kier molecular flexibility index (Phi) is 2.77. The van der Waals surface area contributed by atoms with Crippen molar-refractivity contribution in [3.63, 3.8) is 0 Å². The van der Waals surface area contributed by atoms with Gasteiger partial charge in [0.1, 0.15) is 0 Å². The van der Waals surface area contributed by atoms with E-state index in [-0.39, 0.29) is 0 Å². The quantitative estimate of drug-likeness (QED) is 0.744. The van der Waals surface area contributed by atoms with Gasteiger partial charge in [0.05, 0.1) is 0 Å². The van der Waals surface area contributed by atoms with Crippen LogP contribution in [0.5, 0.6) is 0 Å². The van der Waals surface area contributed by atoms with Crippen molar-refractivity contribution in [2.24, 2.45) is 17.8 Å². The Bertz CT molecular complexity index is 402. The minimum absolute atomic E-state index is 0.765. The van der Waals surface area contributed by atoms with Crippen LogP contribution in [0.15, 0.2) is 12.3 Å². The monoisotopic (exact) mass is 231 g/mol. The van der Waals surface area contributed by atoms with E-state index >= 15 is 0 Å². The molecule has 3 rings (SSSR count). The third kappa shape index (κ3) is 2.43. The Balaban J connectivity index is 1.79. The molecule has 0 N–H and O–H groups in total. The van der Waals surface area contributed by atoms with Crippen LogP contribution in [0.4, 0.5) is 5.95 Å². The fourth-order valence-electron chi connectivity index (χ4n) is 2.96. The first kappa shape index (κ1) is 11.0. The van der Waals surface area contributed by atoms with Crippen LogP contribution in [0, 0.1) is 24.7 Å². The first-order valence-corrected chi connectivity index (χ1v) is 6.77. The van der Waals surface area contributed by atoms with E-state index in [1.165, 1.54) is 25.8 Å². The van der Waals surface area contributed by atoms with Gasteiger partial charge in [0.15, 0.2) is 0 Å². The predicted octanol–water partition coefficient (Wildman–Crippen LogP) is 2.66. The van der Waals surface area contributed by atoms with E-state index in [0.717, 1.165) is 35.9 Å². The summed E-state index contributed by atoms with van der Waals surface area (Å²) in [6, 6.07) is 1.97. The highest BCUT2D eigenvalue weighted by molar-refractivity contribution is 5.31. The maximum atomic E-state index is 4.57. The molecule has 1 aliphatic carbocycles.